The molecule has 2 aromatic rings. The zero-order valence-corrected chi connectivity index (χ0v) is 12.1. The first-order valence-electron chi connectivity index (χ1n) is 6.18. The largest absolute Gasteiger partial charge is 0.395 e. The van der Waals surface area contributed by atoms with Crippen LogP contribution in [0.5, 0.6) is 0 Å². The van der Waals surface area contributed by atoms with Gasteiger partial charge in [-0.3, -0.25) is 9.48 Å². The lowest BCUT2D eigenvalue weighted by molar-refractivity contribution is 0.0931. The molecule has 1 atom stereocenters. The molecule has 1 amide bonds. The molecule has 0 spiro atoms. The van der Waals surface area contributed by atoms with Gasteiger partial charge in [-0.15, -0.1) is 0 Å². The molecule has 2 rings (SSSR count). The number of hydrogen-bond donors (Lipinski definition) is 2. The van der Waals surface area contributed by atoms with Gasteiger partial charge in [0.25, 0.3) is 5.91 Å². The van der Waals surface area contributed by atoms with Crippen molar-refractivity contribution in [2.75, 3.05) is 5.73 Å². The number of amides is 1. The molecule has 2 aromatic heterocycles. The first kappa shape index (κ1) is 13.6. The van der Waals surface area contributed by atoms with E-state index in [-0.39, 0.29) is 11.9 Å². The quantitative estimate of drug-likeness (QED) is 0.899. The molecule has 0 radical (unpaired) electrons. The molecule has 0 aliphatic rings. The molecule has 0 aliphatic carbocycles. The van der Waals surface area contributed by atoms with Gasteiger partial charge >= 0.3 is 0 Å². The molecular formula is C13H18N4OS. The second-order valence-corrected chi connectivity index (χ2v) is 5.22. The lowest BCUT2D eigenvalue weighted by Gasteiger charge is -2.13. The van der Waals surface area contributed by atoms with Gasteiger partial charge in [0.05, 0.1) is 17.4 Å². The average molecular weight is 278 g/mol. The number of thiophene rings is 1. The van der Waals surface area contributed by atoms with E-state index < -0.39 is 0 Å². The van der Waals surface area contributed by atoms with Crippen molar-refractivity contribution in [2.24, 2.45) is 7.05 Å². The summed E-state index contributed by atoms with van der Waals surface area (Å²) in [5.74, 6) is -0.189. The van der Waals surface area contributed by atoms with Gasteiger partial charge in [-0.25, -0.2) is 0 Å². The molecule has 3 N–H and O–H groups in total. The summed E-state index contributed by atoms with van der Waals surface area (Å²) in [6.07, 6.45) is 0.715. The lowest BCUT2D eigenvalue weighted by Crippen LogP contribution is -2.28. The zero-order valence-electron chi connectivity index (χ0n) is 11.3. The van der Waals surface area contributed by atoms with Crippen molar-refractivity contribution in [1.29, 1.82) is 0 Å². The molecule has 0 aromatic carbocycles. The summed E-state index contributed by atoms with van der Waals surface area (Å²) in [7, 11) is 1.74. The van der Waals surface area contributed by atoms with Crippen molar-refractivity contribution in [2.45, 2.75) is 26.3 Å². The summed E-state index contributed by atoms with van der Waals surface area (Å²) in [6.45, 7) is 3.92. The number of nitrogens with zero attached hydrogens (tertiary/aromatic N) is 2. The minimum Gasteiger partial charge on any atom is -0.395 e. The Balaban J connectivity index is 2.19. The third-order valence-corrected chi connectivity index (χ3v) is 3.80. The maximum Gasteiger partial charge on any atom is 0.272 e. The Morgan fingerprint density at radius 2 is 2.37 bits per heavy atom. The predicted molar refractivity (Wildman–Crippen MR) is 77.2 cm³/mol. The van der Waals surface area contributed by atoms with Crippen LogP contribution in [0.25, 0.3) is 0 Å². The molecule has 6 heteroatoms. The van der Waals surface area contributed by atoms with Gasteiger partial charge < -0.3 is 11.1 Å². The molecule has 0 aliphatic heterocycles. The molecule has 102 valence electrons. The molecule has 19 heavy (non-hydrogen) atoms. The summed E-state index contributed by atoms with van der Waals surface area (Å²) in [6, 6.07) is 1.96. The highest BCUT2D eigenvalue weighted by atomic mass is 32.1. The highest BCUT2D eigenvalue weighted by Gasteiger charge is 2.20. The normalized spacial score (nSPS) is 12.4. The SMILES string of the molecule is CCc1nn(C)c(C(=O)NC(C)c2ccsc2)c1N. The summed E-state index contributed by atoms with van der Waals surface area (Å²) in [4.78, 5) is 12.3. The number of nitrogens with one attached hydrogen (secondary N) is 1. The maximum absolute atomic E-state index is 12.3. The lowest BCUT2D eigenvalue weighted by atomic mass is 10.1. The van der Waals surface area contributed by atoms with E-state index in [1.54, 1.807) is 23.1 Å². The number of nitrogens with two attached hydrogens (primary N) is 1. The first-order valence-corrected chi connectivity index (χ1v) is 7.13. The standard InChI is InChI=1S/C13H18N4OS/c1-4-10-11(14)12(17(3)16-10)13(18)15-8(2)9-5-6-19-7-9/h5-8H,4,14H2,1-3H3,(H,15,18). The van der Waals surface area contributed by atoms with Crippen LogP contribution in [0, 0.1) is 0 Å². The molecule has 5 nitrogen and oxygen atoms in total. The van der Waals surface area contributed by atoms with Crippen molar-refractivity contribution < 1.29 is 4.79 Å². The second kappa shape index (κ2) is 5.44. The molecule has 0 fully saturated rings. The van der Waals surface area contributed by atoms with E-state index in [1.807, 2.05) is 30.7 Å². The molecule has 2 heterocycles. The van der Waals surface area contributed by atoms with Crippen LogP contribution >= 0.6 is 11.3 Å². The molecular weight excluding hydrogens is 260 g/mol. The Kier molecular flexibility index (Phi) is 3.90. The van der Waals surface area contributed by atoms with Crippen molar-refractivity contribution in [3.8, 4) is 0 Å². The Labute approximate surface area is 116 Å². The third kappa shape index (κ3) is 2.63. The van der Waals surface area contributed by atoms with Crippen molar-refractivity contribution >= 4 is 22.9 Å². The maximum atomic E-state index is 12.3. The van der Waals surface area contributed by atoms with Crippen LogP contribution < -0.4 is 11.1 Å². The van der Waals surface area contributed by atoms with Gasteiger partial charge in [0.1, 0.15) is 5.69 Å². The number of nitrogen functional groups attached to an aromatic ring is 1. The minimum atomic E-state index is -0.189. The van der Waals surface area contributed by atoms with Gasteiger partial charge in [0.15, 0.2) is 0 Å². The highest BCUT2D eigenvalue weighted by Crippen LogP contribution is 2.20. The van der Waals surface area contributed by atoms with Crippen molar-refractivity contribution in [3.63, 3.8) is 0 Å². The van der Waals surface area contributed by atoms with Crippen molar-refractivity contribution in [1.82, 2.24) is 15.1 Å². The summed E-state index contributed by atoms with van der Waals surface area (Å²) < 4.78 is 1.55. The predicted octanol–water partition coefficient (Wildman–Crippen LogP) is 2.12. The number of aromatic nitrogens is 2. The third-order valence-electron chi connectivity index (χ3n) is 3.10. The van der Waals surface area contributed by atoms with Crippen LogP contribution in [0.15, 0.2) is 16.8 Å². The topological polar surface area (TPSA) is 72.9 Å². The first-order chi connectivity index (χ1) is 9.04. The van der Waals surface area contributed by atoms with Crippen LogP contribution in [-0.4, -0.2) is 15.7 Å². The van der Waals surface area contributed by atoms with Crippen molar-refractivity contribution in [3.05, 3.63) is 33.8 Å². The van der Waals surface area contributed by atoms with E-state index in [9.17, 15) is 4.79 Å². The number of aryl methyl sites for hydroxylation is 2. The van der Waals surface area contributed by atoms with Crippen LogP contribution in [-0.2, 0) is 13.5 Å². The fourth-order valence-electron chi connectivity index (χ4n) is 2.00. The number of anilines is 1. The van der Waals surface area contributed by atoms with E-state index >= 15 is 0 Å². The number of rotatable bonds is 4. The smallest absolute Gasteiger partial charge is 0.272 e. The number of carbonyl (C=O) groups is 1. The van der Waals surface area contributed by atoms with Crippen LogP contribution in [0.4, 0.5) is 5.69 Å². The Bertz CT molecular complexity index is 574. The summed E-state index contributed by atoms with van der Waals surface area (Å²) in [5, 5.41) is 11.2. The number of hydrogen-bond acceptors (Lipinski definition) is 4. The van der Waals surface area contributed by atoms with Crippen LogP contribution in [0.3, 0.4) is 0 Å². The summed E-state index contributed by atoms with van der Waals surface area (Å²) in [5.41, 5.74) is 8.72. The summed E-state index contributed by atoms with van der Waals surface area (Å²) >= 11 is 1.61. The van der Waals surface area contributed by atoms with Gasteiger partial charge in [-0.1, -0.05) is 6.92 Å². The van der Waals surface area contributed by atoms with Crippen LogP contribution in [0.2, 0.25) is 0 Å². The Hall–Kier alpha value is -1.82. The fraction of sp³-hybridized carbons (Fsp3) is 0.385. The monoisotopic (exact) mass is 278 g/mol. The Morgan fingerprint density at radius 1 is 1.63 bits per heavy atom. The number of carbonyl (C=O) groups excluding carboxylic acids is 1. The average Bonchev–Trinajstić information content (AvgIpc) is 2.97. The molecule has 0 saturated heterocycles. The van der Waals surface area contributed by atoms with Gasteiger partial charge in [0, 0.05) is 7.05 Å². The molecule has 0 bridgehead atoms. The molecule has 1 unspecified atom stereocenters. The zero-order chi connectivity index (χ0) is 14.0. The van der Waals surface area contributed by atoms with Gasteiger partial charge in [-0.05, 0) is 35.7 Å². The van der Waals surface area contributed by atoms with E-state index in [2.05, 4.69) is 10.4 Å². The Morgan fingerprint density at radius 3 is 2.89 bits per heavy atom. The highest BCUT2D eigenvalue weighted by molar-refractivity contribution is 7.07. The van der Waals surface area contributed by atoms with E-state index in [0.717, 1.165) is 11.3 Å². The van der Waals surface area contributed by atoms with E-state index in [1.165, 1.54) is 0 Å². The minimum absolute atomic E-state index is 0.0434. The van der Waals surface area contributed by atoms with Crippen LogP contribution in [0.1, 0.15) is 41.6 Å². The molecule has 0 saturated carbocycles. The fourth-order valence-corrected chi connectivity index (χ4v) is 2.75. The van der Waals surface area contributed by atoms with E-state index in [0.29, 0.717) is 17.8 Å². The van der Waals surface area contributed by atoms with Gasteiger partial charge in [0.2, 0.25) is 0 Å². The van der Waals surface area contributed by atoms with Gasteiger partial charge in [-0.2, -0.15) is 16.4 Å². The van der Waals surface area contributed by atoms with E-state index in [4.69, 9.17) is 5.73 Å². The second-order valence-electron chi connectivity index (χ2n) is 4.44.